The van der Waals surface area contributed by atoms with Gasteiger partial charge in [0.05, 0.1) is 4.92 Å². The van der Waals surface area contributed by atoms with Crippen LogP contribution in [0.1, 0.15) is 0 Å². The number of rotatable bonds is 2. The number of carbonyl (C=O) groups excluding carboxylic acids is 3. The van der Waals surface area contributed by atoms with E-state index in [1.807, 2.05) is 0 Å². The van der Waals surface area contributed by atoms with Gasteiger partial charge in [0.2, 0.25) is 0 Å². The Morgan fingerprint density at radius 2 is 1.84 bits per heavy atom. The van der Waals surface area contributed by atoms with Crippen LogP contribution < -0.4 is 21.9 Å². The number of nitrogens with zero attached hydrogens (tertiary/aromatic N) is 1. The average Bonchev–Trinajstić information content (AvgIpc) is 2.36. The van der Waals surface area contributed by atoms with Crippen LogP contribution in [0.25, 0.3) is 0 Å². The van der Waals surface area contributed by atoms with Crippen molar-refractivity contribution in [3.63, 3.8) is 0 Å². The maximum atomic E-state index is 11.3. The van der Waals surface area contributed by atoms with Crippen molar-refractivity contribution in [2.45, 2.75) is 0 Å². The number of nitro benzene ring substituents is 1. The van der Waals surface area contributed by atoms with Gasteiger partial charge in [-0.15, -0.1) is 0 Å². The van der Waals surface area contributed by atoms with E-state index in [1.54, 1.807) is 10.9 Å². The summed E-state index contributed by atoms with van der Waals surface area (Å²) in [6, 6.07) is 3.96. The van der Waals surface area contributed by atoms with Gasteiger partial charge in [-0.25, -0.2) is 10.2 Å². The summed E-state index contributed by atoms with van der Waals surface area (Å²) in [5, 5.41) is 12.6. The van der Waals surface area contributed by atoms with Crippen molar-refractivity contribution in [3.05, 3.63) is 34.4 Å². The minimum Gasteiger partial charge on any atom is -0.350 e. The van der Waals surface area contributed by atoms with Gasteiger partial charge in [0.1, 0.15) is 0 Å². The van der Waals surface area contributed by atoms with E-state index in [0.29, 0.717) is 0 Å². The van der Waals surface area contributed by atoms with E-state index in [2.05, 4.69) is 11.1 Å². The monoisotopic (exact) mass is 267 g/mol. The molecule has 10 nitrogen and oxygen atoms in total. The summed E-state index contributed by atoms with van der Waals surface area (Å²) in [7, 11) is 0. The molecule has 0 aliphatic rings. The highest BCUT2D eigenvalue weighted by atomic mass is 16.6. The van der Waals surface area contributed by atoms with Crippen LogP contribution in [0.3, 0.4) is 0 Å². The Balaban J connectivity index is 2.66. The minimum absolute atomic E-state index is 0.0634. The van der Waals surface area contributed by atoms with Gasteiger partial charge < -0.3 is 11.1 Å². The molecule has 0 aliphatic heterocycles. The van der Waals surface area contributed by atoms with Crippen LogP contribution in [-0.2, 0) is 9.59 Å². The summed E-state index contributed by atoms with van der Waals surface area (Å²) in [4.78, 5) is 42.6. The van der Waals surface area contributed by atoms with Crippen LogP contribution in [0.15, 0.2) is 24.3 Å². The third-order valence-electron chi connectivity index (χ3n) is 1.82. The quantitative estimate of drug-likeness (QED) is 0.314. The molecule has 19 heavy (non-hydrogen) atoms. The maximum absolute atomic E-state index is 11.3. The molecule has 0 unspecified atom stereocenters. The first-order valence-corrected chi connectivity index (χ1v) is 4.81. The normalized spacial score (nSPS) is 9.26. The van der Waals surface area contributed by atoms with E-state index >= 15 is 0 Å². The van der Waals surface area contributed by atoms with Crippen LogP contribution in [-0.4, -0.2) is 22.8 Å². The largest absolute Gasteiger partial charge is 0.350 e. The number of nitrogens with one attached hydrogen (secondary N) is 3. The molecule has 100 valence electrons. The average molecular weight is 267 g/mol. The third-order valence-corrected chi connectivity index (χ3v) is 1.82. The first-order chi connectivity index (χ1) is 8.90. The molecule has 1 aromatic carbocycles. The van der Waals surface area contributed by atoms with Crippen LogP contribution in [0.4, 0.5) is 16.2 Å². The molecule has 4 amide bonds. The summed E-state index contributed by atoms with van der Waals surface area (Å²) >= 11 is 0. The molecule has 0 spiro atoms. The molecule has 1 rings (SSSR count). The smallest absolute Gasteiger partial charge is 0.330 e. The molecule has 0 radical (unpaired) electrons. The number of hydrogen-bond acceptors (Lipinski definition) is 5. The van der Waals surface area contributed by atoms with Crippen molar-refractivity contribution in [2.24, 2.45) is 5.73 Å². The molecule has 0 bridgehead atoms. The zero-order valence-corrected chi connectivity index (χ0v) is 9.38. The fourth-order valence-electron chi connectivity index (χ4n) is 1.06. The van der Waals surface area contributed by atoms with Crippen LogP contribution in [0.5, 0.6) is 0 Å². The van der Waals surface area contributed by atoms with E-state index in [-0.39, 0.29) is 11.4 Å². The second-order valence-corrected chi connectivity index (χ2v) is 3.20. The van der Waals surface area contributed by atoms with Crippen molar-refractivity contribution < 1.29 is 19.3 Å². The molecule has 0 saturated heterocycles. The summed E-state index contributed by atoms with van der Waals surface area (Å²) in [5.41, 5.74) is 7.94. The van der Waals surface area contributed by atoms with Crippen molar-refractivity contribution in [3.8, 4) is 0 Å². The lowest BCUT2D eigenvalue weighted by atomic mass is 10.3. The van der Waals surface area contributed by atoms with E-state index < -0.39 is 22.8 Å². The summed E-state index contributed by atoms with van der Waals surface area (Å²) in [5.74, 6) is -2.29. The molecule has 0 heterocycles. The second-order valence-electron chi connectivity index (χ2n) is 3.20. The second kappa shape index (κ2) is 5.95. The van der Waals surface area contributed by atoms with E-state index in [1.165, 1.54) is 18.2 Å². The molecular weight excluding hydrogens is 258 g/mol. The SMILES string of the molecule is NC(=O)NNC(=O)C(=O)Nc1cccc([N+](=O)[O-])c1. The highest BCUT2D eigenvalue weighted by molar-refractivity contribution is 6.39. The lowest BCUT2D eigenvalue weighted by molar-refractivity contribution is -0.384. The highest BCUT2D eigenvalue weighted by Crippen LogP contribution is 2.16. The van der Waals surface area contributed by atoms with Crippen LogP contribution in [0.2, 0.25) is 0 Å². The number of amides is 4. The lowest BCUT2D eigenvalue weighted by Crippen LogP contribution is -2.48. The first kappa shape index (κ1) is 13.9. The number of anilines is 1. The Kier molecular flexibility index (Phi) is 4.35. The van der Waals surface area contributed by atoms with E-state index in [4.69, 9.17) is 0 Å². The third kappa shape index (κ3) is 4.30. The van der Waals surface area contributed by atoms with Gasteiger partial charge in [-0.3, -0.25) is 25.1 Å². The Bertz CT molecular complexity index is 544. The maximum Gasteiger partial charge on any atom is 0.330 e. The first-order valence-electron chi connectivity index (χ1n) is 4.81. The van der Waals surface area contributed by atoms with Gasteiger partial charge in [0.15, 0.2) is 0 Å². The van der Waals surface area contributed by atoms with Crippen molar-refractivity contribution in [2.75, 3.05) is 5.32 Å². The number of urea groups is 1. The number of benzene rings is 1. The molecule has 0 atom stereocenters. The number of carbonyl (C=O) groups is 3. The fourth-order valence-corrected chi connectivity index (χ4v) is 1.06. The van der Waals surface area contributed by atoms with Crippen molar-refractivity contribution in [1.29, 1.82) is 0 Å². The molecule has 0 aromatic heterocycles. The molecule has 0 saturated carbocycles. The van der Waals surface area contributed by atoms with E-state index in [9.17, 15) is 24.5 Å². The summed E-state index contributed by atoms with van der Waals surface area (Å²) in [6.07, 6.45) is 0. The predicted octanol–water partition coefficient (Wildman–Crippen LogP) is -0.767. The lowest BCUT2D eigenvalue weighted by Gasteiger charge is -2.05. The Morgan fingerprint density at radius 1 is 1.16 bits per heavy atom. The molecule has 0 aliphatic carbocycles. The van der Waals surface area contributed by atoms with Crippen molar-refractivity contribution in [1.82, 2.24) is 10.9 Å². The molecule has 5 N–H and O–H groups in total. The minimum atomic E-state index is -1.18. The van der Waals surface area contributed by atoms with Gasteiger partial charge in [-0.2, -0.15) is 0 Å². The molecular formula is C9H9N5O5. The standard InChI is InChI=1S/C9H9N5O5/c10-9(17)13-12-8(16)7(15)11-5-2-1-3-6(4-5)14(18)19/h1-4H,(H,11,15)(H,12,16)(H3,10,13,17). The number of hydrogen-bond donors (Lipinski definition) is 4. The molecule has 0 fully saturated rings. The Labute approximate surface area is 106 Å². The van der Waals surface area contributed by atoms with Crippen molar-refractivity contribution >= 4 is 29.2 Å². The summed E-state index contributed by atoms with van der Waals surface area (Å²) in [6.45, 7) is 0. The molecule has 10 heteroatoms. The van der Waals surface area contributed by atoms with Crippen LogP contribution >= 0.6 is 0 Å². The van der Waals surface area contributed by atoms with Gasteiger partial charge in [-0.1, -0.05) is 6.07 Å². The van der Waals surface area contributed by atoms with E-state index in [0.717, 1.165) is 6.07 Å². The summed E-state index contributed by atoms with van der Waals surface area (Å²) < 4.78 is 0. The zero-order valence-electron chi connectivity index (χ0n) is 9.38. The zero-order chi connectivity index (χ0) is 14.4. The Morgan fingerprint density at radius 3 is 2.42 bits per heavy atom. The predicted molar refractivity (Wildman–Crippen MR) is 62.6 cm³/mol. The topological polar surface area (TPSA) is 156 Å². The number of nitrogens with two attached hydrogens (primary N) is 1. The number of primary amides is 1. The fraction of sp³-hybridized carbons (Fsp3) is 0. The number of non-ortho nitro benzene ring substituents is 1. The van der Waals surface area contributed by atoms with Gasteiger partial charge in [0, 0.05) is 17.8 Å². The number of nitro groups is 1. The van der Waals surface area contributed by atoms with Gasteiger partial charge in [0.25, 0.3) is 5.69 Å². The number of hydrazine groups is 1. The highest BCUT2D eigenvalue weighted by Gasteiger charge is 2.15. The van der Waals surface area contributed by atoms with Gasteiger partial charge >= 0.3 is 17.8 Å². The Hall–Kier alpha value is -3.17. The van der Waals surface area contributed by atoms with Gasteiger partial charge in [-0.05, 0) is 6.07 Å². The molecule has 1 aromatic rings. The van der Waals surface area contributed by atoms with Crippen LogP contribution in [0, 0.1) is 10.1 Å².